The number of amides is 1. The van der Waals surface area contributed by atoms with Crippen LogP contribution in [0.3, 0.4) is 0 Å². The highest BCUT2D eigenvalue weighted by atomic mass is 79.9. The number of aliphatic carboxylic acids is 1. The van der Waals surface area contributed by atoms with Crippen LogP contribution >= 0.6 is 15.9 Å². The van der Waals surface area contributed by atoms with Gasteiger partial charge in [0.25, 0.3) is 0 Å². The van der Waals surface area contributed by atoms with Crippen LogP contribution in [-0.2, 0) is 25.2 Å². The number of carboxylic acid groups (broad SMARTS) is 1. The van der Waals surface area contributed by atoms with Crippen LogP contribution in [0.15, 0.2) is 28.7 Å². The lowest BCUT2D eigenvalue weighted by molar-refractivity contribution is -0.140. The molecule has 0 aromatic heterocycles. The van der Waals surface area contributed by atoms with E-state index in [1.54, 1.807) is 24.3 Å². The number of carbonyl (C=O) groups excluding carboxylic acids is 1. The maximum atomic E-state index is 12.0. The highest BCUT2D eigenvalue weighted by molar-refractivity contribution is 9.10. The van der Waals surface area contributed by atoms with E-state index in [2.05, 4.69) is 21.2 Å². The SMILES string of the molecule is CC(=O)N[C@@H](CS(=O)(=O)Cc1ccc(Br)cc1)C(=O)O. The summed E-state index contributed by atoms with van der Waals surface area (Å²) in [6.07, 6.45) is 0. The second-order valence-corrected chi connectivity index (χ2v) is 7.30. The van der Waals surface area contributed by atoms with Gasteiger partial charge >= 0.3 is 5.97 Å². The molecule has 110 valence electrons. The molecule has 0 heterocycles. The van der Waals surface area contributed by atoms with Crippen molar-refractivity contribution in [2.24, 2.45) is 0 Å². The van der Waals surface area contributed by atoms with Crippen LogP contribution < -0.4 is 5.32 Å². The van der Waals surface area contributed by atoms with Gasteiger partial charge in [-0.25, -0.2) is 13.2 Å². The number of sulfone groups is 1. The third-order valence-electron chi connectivity index (χ3n) is 2.40. The summed E-state index contributed by atoms with van der Waals surface area (Å²) in [5, 5.41) is 11.0. The minimum absolute atomic E-state index is 0.274. The smallest absolute Gasteiger partial charge is 0.327 e. The number of rotatable bonds is 6. The summed E-state index contributed by atoms with van der Waals surface area (Å²) in [6, 6.07) is 5.24. The summed E-state index contributed by atoms with van der Waals surface area (Å²) >= 11 is 3.24. The monoisotopic (exact) mass is 363 g/mol. The van der Waals surface area contributed by atoms with Crippen molar-refractivity contribution in [3.8, 4) is 0 Å². The molecule has 8 heteroatoms. The maximum Gasteiger partial charge on any atom is 0.327 e. The van der Waals surface area contributed by atoms with Crippen molar-refractivity contribution < 1.29 is 23.1 Å². The predicted octanol–water partition coefficient (Wildman–Crippen LogP) is 0.953. The quantitative estimate of drug-likeness (QED) is 0.783. The highest BCUT2D eigenvalue weighted by Crippen LogP contribution is 2.13. The van der Waals surface area contributed by atoms with Crippen LogP contribution in [0.2, 0.25) is 0 Å². The molecule has 1 atom stereocenters. The van der Waals surface area contributed by atoms with E-state index in [1.165, 1.54) is 0 Å². The fraction of sp³-hybridized carbons (Fsp3) is 0.333. The first-order valence-corrected chi connectivity index (χ1v) is 8.26. The van der Waals surface area contributed by atoms with Crippen molar-refractivity contribution in [3.63, 3.8) is 0 Å². The van der Waals surface area contributed by atoms with Crippen molar-refractivity contribution in [2.75, 3.05) is 5.75 Å². The zero-order valence-electron chi connectivity index (χ0n) is 10.7. The first-order chi connectivity index (χ1) is 9.19. The first-order valence-electron chi connectivity index (χ1n) is 5.64. The lowest BCUT2D eigenvalue weighted by Gasteiger charge is -2.13. The van der Waals surface area contributed by atoms with Gasteiger partial charge in [0.05, 0.1) is 11.5 Å². The number of halogens is 1. The van der Waals surface area contributed by atoms with E-state index in [-0.39, 0.29) is 5.75 Å². The molecule has 1 amide bonds. The molecule has 0 spiro atoms. The number of hydrogen-bond donors (Lipinski definition) is 2. The van der Waals surface area contributed by atoms with E-state index in [1.807, 2.05) is 0 Å². The molecular weight excluding hydrogens is 350 g/mol. The van der Waals surface area contributed by atoms with E-state index < -0.39 is 33.5 Å². The average molecular weight is 364 g/mol. The van der Waals surface area contributed by atoms with Gasteiger partial charge < -0.3 is 10.4 Å². The lowest BCUT2D eigenvalue weighted by Crippen LogP contribution is -2.44. The molecule has 0 saturated heterocycles. The Labute approximate surface area is 125 Å². The molecule has 2 N–H and O–H groups in total. The highest BCUT2D eigenvalue weighted by Gasteiger charge is 2.26. The predicted molar refractivity (Wildman–Crippen MR) is 76.9 cm³/mol. The number of carbonyl (C=O) groups is 2. The molecule has 1 aromatic rings. The van der Waals surface area contributed by atoms with Crippen molar-refractivity contribution >= 4 is 37.6 Å². The summed E-state index contributed by atoms with van der Waals surface area (Å²) in [7, 11) is -3.65. The first kappa shape index (κ1) is 16.6. The number of benzene rings is 1. The zero-order valence-corrected chi connectivity index (χ0v) is 13.1. The lowest BCUT2D eigenvalue weighted by atomic mass is 10.2. The summed E-state index contributed by atoms with van der Waals surface area (Å²) in [4.78, 5) is 21.8. The number of hydrogen-bond acceptors (Lipinski definition) is 4. The summed E-state index contributed by atoms with van der Waals surface area (Å²) in [5.41, 5.74) is 0.556. The van der Waals surface area contributed by atoms with E-state index >= 15 is 0 Å². The molecule has 0 aliphatic rings. The minimum Gasteiger partial charge on any atom is -0.480 e. The van der Waals surface area contributed by atoms with Gasteiger partial charge in [0.15, 0.2) is 9.84 Å². The van der Waals surface area contributed by atoms with Gasteiger partial charge in [0.1, 0.15) is 6.04 Å². The molecule has 20 heavy (non-hydrogen) atoms. The van der Waals surface area contributed by atoms with E-state index in [9.17, 15) is 18.0 Å². The van der Waals surface area contributed by atoms with E-state index in [0.717, 1.165) is 11.4 Å². The third kappa shape index (κ3) is 5.70. The number of carboxylic acids is 1. The van der Waals surface area contributed by atoms with Gasteiger partial charge in [-0.2, -0.15) is 0 Å². The Hall–Kier alpha value is -1.41. The molecule has 0 fully saturated rings. The van der Waals surface area contributed by atoms with Crippen molar-refractivity contribution in [2.45, 2.75) is 18.7 Å². The van der Waals surface area contributed by atoms with Gasteiger partial charge in [-0.1, -0.05) is 28.1 Å². The molecule has 1 rings (SSSR count). The average Bonchev–Trinajstić information content (AvgIpc) is 2.30. The second kappa shape index (κ2) is 6.85. The van der Waals surface area contributed by atoms with Crippen LogP contribution in [0.4, 0.5) is 0 Å². The molecule has 1 aromatic carbocycles. The fourth-order valence-corrected chi connectivity index (χ4v) is 3.38. The molecule has 0 bridgehead atoms. The Morgan fingerprint density at radius 1 is 1.30 bits per heavy atom. The Morgan fingerprint density at radius 2 is 1.85 bits per heavy atom. The van der Waals surface area contributed by atoms with E-state index in [0.29, 0.717) is 5.56 Å². The maximum absolute atomic E-state index is 12.0. The van der Waals surface area contributed by atoms with Crippen LogP contribution in [0, 0.1) is 0 Å². The van der Waals surface area contributed by atoms with Gasteiger partial charge in [-0.05, 0) is 17.7 Å². The van der Waals surface area contributed by atoms with Gasteiger partial charge in [0, 0.05) is 11.4 Å². The Morgan fingerprint density at radius 3 is 2.30 bits per heavy atom. The summed E-state index contributed by atoms with van der Waals surface area (Å²) in [6.45, 7) is 1.14. The summed E-state index contributed by atoms with van der Waals surface area (Å²) < 4.78 is 24.7. The molecule has 0 saturated carbocycles. The molecule has 0 aliphatic heterocycles. The number of nitrogens with one attached hydrogen (secondary N) is 1. The van der Waals surface area contributed by atoms with Crippen LogP contribution in [-0.4, -0.2) is 37.2 Å². The standard InChI is InChI=1S/C12H14BrNO5S/c1-8(15)14-11(12(16)17)7-20(18,19)6-9-2-4-10(13)5-3-9/h2-5,11H,6-7H2,1H3,(H,14,15)(H,16,17)/t11-/m0/s1. The van der Waals surface area contributed by atoms with Crippen LogP contribution in [0.25, 0.3) is 0 Å². The Bertz CT molecular complexity index is 597. The minimum atomic E-state index is -3.65. The second-order valence-electron chi connectivity index (χ2n) is 4.27. The Balaban J connectivity index is 2.79. The van der Waals surface area contributed by atoms with Crippen molar-refractivity contribution in [1.29, 1.82) is 0 Å². The van der Waals surface area contributed by atoms with Gasteiger partial charge in [-0.3, -0.25) is 4.79 Å². The van der Waals surface area contributed by atoms with Crippen LogP contribution in [0.1, 0.15) is 12.5 Å². The van der Waals surface area contributed by atoms with E-state index in [4.69, 9.17) is 5.11 Å². The molecule has 0 unspecified atom stereocenters. The third-order valence-corrected chi connectivity index (χ3v) is 4.54. The Kier molecular flexibility index (Phi) is 5.70. The van der Waals surface area contributed by atoms with Crippen molar-refractivity contribution in [1.82, 2.24) is 5.32 Å². The van der Waals surface area contributed by atoms with Gasteiger partial charge in [-0.15, -0.1) is 0 Å². The fourth-order valence-electron chi connectivity index (χ4n) is 1.57. The zero-order chi connectivity index (χ0) is 15.3. The van der Waals surface area contributed by atoms with Crippen molar-refractivity contribution in [3.05, 3.63) is 34.3 Å². The topological polar surface area (TPSA) is 101 Å². The van der Waals surface area contributed by atoms with Gasteiger partial charge in [0.2, 0.25) is 5.91 Å². The molecule has 6 nitrogen and oxygen atoms in total. The molecular formula is C12H14BrNO5S. The van der Waals surface area contributed by atoms with Crippen LogP contribution in [0.5, 0.6) is 0 Å². The summed E-state index contributed by atoms with van der Waals surface area (Å²) in [5.74, 6) is -2.88. The molecule has 0 aliphatic carbocycles. The normalized spacial score (nSPS) is 12.7. The molecule has 0 radical (unpaired) electrons. The largest absolute Gasteiger partial charge is 0.480 e.